The fraction of sp³-hybridized carbons (Fsp3) is 0.227. The van der Waals surface area contributed by atoms with E-state index >= 15 is 0 Å². The molecule has 34 heavy (non-hydrogen) atoms. The molecule has 10 nitrogen and oxygen atoms in total. The fourth-order valence-electron chi connectivity index (χ4n) is 3.13. The van der Waals surface area contributed by atoms with Gasteiger partial charge in [0.25, 0.3) is 0 Å². The van der Waals surface area contributed by atoms with Crippen LogP contribution in [0.3, 0.4) is 0 Å². The highest BCUT2D eigenvalue weighted by Gasteiger charge is 2.13. The minimum atomic E-state index is -0.502. The maximum absolute atomic E-state index is 12.3. The van der Waals surface area contributed by atoms with Crippen LogP contribution >= 0.6 is 23.1 Å². The number of para-hydroxylation sites is 4. The van der Waals surface area contributed by atoms with Crippen LogP contribution in [0.4, 0.5) is 10.8 Å². The zero-order valence-corrected chi connectivity index (χ0v) is 19.8. The van der Waals surface area contributed by atoms with Crippen molar-refractivity contribution in [1.29, 1.82) is 0 Å². The number of hydrogen-bond donors (Lipinski definition) is 2. The molecule has 0 radical (unpaired) electrons. The Morgan fingerprint density at radius 2 is 1.82 bits per heavy atom. The summed E-state index contributed by atoms with van der Waals surface area (Å²) in [5.41, 5.74) is 1.74. The second kappa shape index (κ2) is 11.0. The molecule has 0 bridgehead atoms. The van der Waals surface area contributed by atoms with Gasteiger partial charge in [0, 0.05) is 25.1 Å². The second-order valence-electron chi connectivity index (χ2n) is 7.01. The quantitative estimate of drug-likeness (QED) is 0.250. The number of carbonyl (C=O) groups is 2. The maximum atomic E-state index is 12.3. The average Bonchev–Trinajstić information content (AvgIpc) is 3.40. The second-order valence-corrected chi connectivity index (χ2v) is 9.33. The number of ether oxygens (including phenoxy) is 1. The van der Waals surface area contributed by atoms with Crippen LogP contribution in [0.5, 0.6) is 5.75 Å². The summed E-state index contributed by atoms with van der Waals surface area (Å²) in [5.74, 6) is 0.162. The Balaban J connectivity index is 1.22. The van der Waals surface area contributed by atoms with Crippen molar-refractivity contribution in [2.45, 2.75) is 23.7 Å². The van der Waals surface area contributed by atoms with E-state index in [1.165, 1.54) is 27.7 Å². The van der Waals surface area contributed by atoms with Gasteiger partial charge in [-0.05, 0) is 24.3 Å². The van der Waals surface area contributed by atoms with Crippen molar-refractivity contribution in [1.82, 2.24) is 14.8 Å². The van der Waals surface area contributed by atoms with Gasteiger partial charge in [-0.15, -0.1) is 10.2 Å². The lowest BCUT2D eigenvalue weighted by Gasteiger charge is -2.09. The number of oxazole rings is 1. The number of nitrogens with zero attached hydrogens (tertiary/aromatic N) is 3. The number of thioether (sulfide) groups is 1. The normalized spacial score (nSPS) is 10.9. The minimum Gasteiger partial charge on any atom is -0.495 e. The number of methoxy groups -OCH3 is 1. The molecule has 2 heterocycles. The smallest absolute Gasteiger partial charge is 0.419 e. The van der Waals surface area contributed by atoms with Crippen LogP contribution in [0.15, 0.2) is 62.1 Å². The number of anilines is 2. The first-order chi connectivity index (χ1) is 16.5. The monoisotopic (exact) mass is 499 g/mol. The summed E-state index contributed by atoms with van der Waals surface area (Å²) in [6, 6.07) is 14.2. The summed E-state index contributed by atoms with van der Waals surface area (Å²) in [5, 5.41) is 13.9. The van der Waals surface area contributed by atoms with Crippen molar-refractivity contribution in [3.8, 4) is 5.75 Å². The minimum absolute atomic E-state index is 0.0780. The zero-order chi connectivity index (χ0) is 23.9. The predicted octanol–water partition coefficient (Wildman–Crippen LogP) is 3.60. The molecule has 0 saturated carbocycles. The van der Waals surface area contributed by atoms with E-state index in [4.69, 9.17) is 9.15 Å². The van der Waals surface area contributed by atoms with Gasteiger partial charge in [0.15, 0.2) is 9.92 Å². The molecular weight excluding hydrogens is 478 g/mol. The molecule has 0 aliphatic rings. The fourth-order valence-corrected chi connectivity index (χ4v) is 4.91. The lowest BCUT2D eigenvalue weighted by Crippen LogP contribution is -2.19. The van der Waals surface area contributed by atoms with Crippen LogP contribution in [0.1, 0.15) is 12.8 Å². The van der Waals surface area contributed by atoms with Crippen molar-refractivity contribution in [3.63, 3.8) is 0 Å². The lowest BCUT2D eigenvalue weighted by molar-refractivity contribution is -0.117. The number of hydrogen-bond acceptors (Lipinski definition) is 9. The van der Waals surface area contributed by atoms with Gasteiger partial charge in [0.05, 0.1) is 18.3 Å². The van der Waals surface area contributed by atoms with Gasteiger partial charge in [-0.25, -0.2) is 4.79 Å². The van der Waals surface area contributed by atoms with E-state index < -0.39 is 5.76 Å². The largest absolute Gasteiger partial charge is 0.495 e. The molecule has 0 saturated heterocycles. The number of aromatic nitrogens is 3. The first-order valence-corrected chi connectivity index (χ1v) is 12.1. The van der Waals surface area contributed by atoms with Gasteiger partial charge in [0.2, 0.25) is 16.9 Å². The molecule has 2 aromatic carbocycles. The molecule has 4 rings (SSSR count). The summed E-state index contributed by atoms with van der Waals surface area (Å²) in [6.07, 6.45) is 0.353. The molecule has 0 unspecified atom stereocenters. The summed E-state index contributed by atoms with van der Waals surface area (Å²) in [4.78, 5) is 36.5. The molecule has 12 heteroatoms. The molecule has 176 valence electrons. The molecule has 2 N–H and O–H groups in total. The third kappa shape index (κ3) is 5.83. The number of fused-ring (bicyclic) bond motifs is 1. The number of amides is 2. The van der Waals surface area contributed by atoms with E-state index in [-0.39, 0.29) is 31.2 Å². The Labute approximate surface area is 202 Å². The van der Waals surface area contributed by atoms with Crippen LogP contribution < -0.4 is 21.1 Å². The highest BCUT2D eigenvalue weighted by atomic mass is 32.2. The Hall–Kier alpha value is -3.64. The van der Waals surface area contributed by atoms with E-state index in [2.05, 4.69) is 20.8 Å². The van der Waals surface area contributed by atoms with Crippen LogP contribution in [0.25, 0.3) is 11.1 Å². The van der Waals surface area contributed by atoms with Gasteiger partial charge < -0.3 is 19.8 Å². The SMILES string of the molecule is COc1ccccc1NC(=O)CCSc1nnc(NC(=O)CCn2c(=O)oc3ccccc32)s1. The molecule has 4 aromatic rings. The summed E-state index contributed by atoms with van der Waals surface area (Å²) in [7, 11) is 1.55. The molecule has 0 atom stereocenters. The first-order valence-electron chi connectivity index (χ1n) is 10.3. The van der Waals surface area contributed by atoms with Gasteiger partial charge in [0.1, 0.15) is 5.75 Å². The highest BCUT2D eigenvalue weighted by molar-refractivity contribution is 8.01. The standard InChI is InChI=1S/C22H21N5O5S2/c1-31-16-8-4-2-6-14(16)23-19(29)11-13-33-21-26-25-20(34-21)24-18(28)10-12-27-15-7-3-5-9-17(15)32-22(27)30/h2-9H,10-13H2,1H3,(H,23,29)(H,24,25,28). The topological polar surface area (TPSA) is 128 Å². The van der Waals surface area contributed by atoms with Crippen LogP contribution in [0, 0.1) is 0 Å². The third-order valence-electron chi connectivity index (χ3n) is 4.72. The van der Waals surface area contributed by atoms with E-state index in [9.17, 15) is 14.4 Å². The number of benzene rings is 2. The lowest BCUT2D eigenvalue weighted by atomic mass is 10.3. The zero-order valence-electron chi connectivity index (χ0n) is 18.1. The molecule has 0 spiro atoms. The van der Waals surface area contributed by atoms with Gasteiger partial charge >= 0.3 is 5.76 Å². The van der Waals surface area contributed by atoms with Gasteiger partial charge in [-0.1, -0.05) is 47.4 Å². The molecule has 0 fully saturated rings. The van der Waals surface area contributed by atoms with Crippen LogP contribution in [0.2, 0.25) is 0 Å². The summed E-state index contributed by atoms with van der Waals surface area (Å²) >= 11 is 2.60. The Bertz CT molecular complexity index is 1360. The van der Waals surface area contributed by atoms with E-state index in [0.717, 1.165) is 0 Å². The van der Waals surface area contributed by atoms with Crippen LogP contribution in [-0.4, -0.2) is 39.4 Å². The Morgan fingerprint density at radius 1 is 1.06 bits per heavy atom. The van der Waals surface area contributed by atoms with Crippen molar-refractivity contribution in [3.05, 3.63) is 59.1 Å². The summed E-state index contributed by atoms with van der Waals surface area (Å²) < 4.78 is 12.5. The van der Waals surface area contributed by atoms with E-state index in [1.54, 1.807) is 43.5 Å². The molecule has 0 aliphatic heterocycles. The highest BCUT2D eigenvalue weighted by Crippen LogP contribution is 2.27. The number of carbonyl (C=O) groups excluding carboxylic acids is 2. The van der Waals surface area contributed by atoms with Crippen LogP contribution in [-0.2, 0) is 16.1 Å². The number of nitrogens with one attached hydrogen (secondary N) is 2. The third-order valence-corrected chi connectivity index (χ3v) is 6.70. The van der Waals surface area contributed by atoms with Crippen molar-refractivity contribution < 1.29 is 18.7 Å². The van der Waals surface area contributed by atoms with E-state index in [1.807, 2.05) is 12.1 Å². The molecule has 0 aliphatic carbocycles. The first kappa shape index (κ1) is 23.5. The van der Waals surface area contributed by atoms with Gasteiger partial charge in [-0.2, -0.15) is 0 Å². The van der Waals surface area contributed by atoms with Crippen molar-refractivity contribution in [2.24, 2.45) is 0 Å². The average molecular weight is 500 g/mol. The van der Waals surface area contributed by atoms with E-state index in [0.29, 0.717) is 37.8 Å². The Kier molecular flexibility index (Phi) is 7.60. The maximum Gasteiger partial charge on any atom is 0.419 e. The Morgan fingerprint density at radius 3 is 2.68 bits per heavy atom. The molecule has 2 aromatic heterocycles. The number of aryl methyl sites for hydroxylation is 1. The van der Waals surface area contributed by atoms with Crippen molar-refractivity contribution in [2.75, 3.05) is 23.5 Å². The van der Waals surface area contributed by atoms with Crippen molar-refractivity contribution >= 4 is 56.8 Å². The number of rotatable bonds is 10. The molecule has 2 amide bonds. The van der Waals surface area contributed by atoms with Gasteiger partial charge in [-0.3, -0.25) is 14.2 Å². The predicted molar refractivity (Wildman–Crippen MR) is 131 cm³/mol. The summed E-state index contributed by atoms with van der Waals surface area (Å²) in [6.45, 7) is 0.184. The molecular formula is C22H21N5O5S2.